The SMILES string of the molecule is CCC(C(N)=S)S(=O)(=O)O. The number of thiocarbonyl (C=S) groups is 1. The molecule has 1 unspecified atom stereocenters. The molecule has 0 spiro atoms. The Morgan fingerprint density at radius 1 is 1.80 bits per heavy atom. The normalized spacial score (nSPS) is 14.6. The van der Waals surface area contributed by atoms with Crippen LogP contribution in [0, 0.1) is 0 Å². The molecule has 0 aromatic rings. The van der Waals surface area contributed by atoms with Gasteiger partial charge in [0.25, 0.3) is 10.1 Å². The summed E-state index contributed by atoms with van der Waals surface area (Å²) in [4.78, 5) is -0.190. The van der Waals surface area contributed by atoms with E-state index in [4.69, 9.17) is 10.3 Å². The van der Waals surface area contributed by atoms with E-state index in [1.807, 2.05) is 0 Å². The monoisotopic (exact) mass is 183 g/mol. The van der Waals surface area contributed by atoms with Crippen molar-refractivity contribution in [2.75, 3.05) is 0 Å². The van der Waals surface area contributed by atoms with Gasteiger partial charge in [-0.05, 0) is 6.42 Å². The molecule has 0 bridgehead atoms. The Balaban J connectivity index is 4.55. The van der Waals surface area contributed by atoms with Gasteiger partial charge in [0.05, 0.1) is 4.99 Å². The predicted octanol–water partition coefficient (Wildman–Crippen LogP) is -0.0611. The summed E-state index contributed by atoms with van der Waals surface area (Å²) >= 11 is 4.40. The van der Waals surface area contributed by atoms with Gasteiger partial charge in [-0.2, -0.15) is 8.42 Å². The van der Waals surface area contributed by atoms with E-state index >= 15 is 0 Å². The van der Waals surface area contributed by atoms with Crippen molar-refractivity contribution in [3.05, 3.63) is 0 Å². The second kappa shape index (κ2) is 3.27. The van der Waals surface area contributed by atoms with E-state index in [-0.39, 0.29) is 11.4 Å². The molecule has 0 aliphatic heterocycles. The van der Waals surface area contributed by atoms with Crippen molar-refractivity contribution in [3.8, 4) is 0 Å². The first-order valence-electron chi connectivity index (χ1n) is 2.65. The van der Waals surface area contributed by atoms with Crippen molar-refractivity contribution in [1.29, 1.82) is 0 Å². The van der Waals surface area contributed by atoms with Crippen LogP contribution in [0.25, 0.3) is 0 Å². The van der Waals surface area contributed by atoms with Crippen LogP contribution >= 0.6 is 12.2 Å². The number of rotatable bonds is 3. The summed E-state index contributed by atoms with van der Waals surface area (Å²) < 4.78 is 29.2. The second-order valence-corrected chi connectivity index (χ2v) is 3.88. The highest BCUT2D eigenvalue weighted by Crippen LogP contribution is 2.03. The lowest BCUT2D eigenvalue weighted by Gasteiger charge is -2.07. The fraction of sp³-hybridized carbons (Fsp3) is 0.750. The Kier molecular flexibility index (Phi) is 3.20. The molecule has 0 saturated heterocycles. The Labute approximate surface area is 65.2 Å². The largest absolute Gasteiger partial charge is 0.392 e. The van der Waals surface area contributed by atoms with Crippen LogP contribution in [0.1, 0.15) is 13.3 Å². The van der Waals surface area contributed by atoms with Crippen molar-refractivity contribution in [1.82, 2.24) is 0 Å². The van der Waals surface area contributed by atoms with Crippen LogP contribution < -0.4 is 5.73 Å². The summed E-state index contributed by atoms with van der Waals surface area (Å²) in [5.74, 6) is 0. The van der Waals surface area contributed by atoms with Gasteiger partial charge in [0.1, 0.15) is 5.25 Å². The lowest BCUT2D eigenvalue weighted by molar-refractivity contribution is 0.476. The maximum atomic E-state index is 10.4. The van der Waals surface area contributed by atoms with Crippen LogP contribution in [0.3, 0.4) is 0 Å². The quantitative estimate of drug-likeness (QED) is 0.473. The van der Waals surface area contributed by atoms with E-state index in [0.717, 1.165) is 0 Å². The molecule has 0 radical (unpaired) electrons. The maximum absolute atomic E-state index is 10.4. The van der Waals surface area contributed by atoms with E-state index in [1.54, 1.807) is 6.92 Å². The van der Waals surface area contributed by atoms with Gasteiger partial charge in [0, 0.05) is 0 Å². The zero-order valence-corrected chi connectivity index (χ0v) is 7.08. The van der Waals surface area contributed by atoms with Crippen LogP contribution in [-0.4, -0.2) is 23.2 Å². The minimum absolute atomic E-state index is 0.190. The van der Waals surface area contributed by atoms with E-state index < -0.39 is 15.4 Å². The summed E-state index contributed by atoms with van der Waals surface area (Å²) in [6.07, 6.45) is 0.203. The van der Waals surface area contributed by atoms with Gasteiger partial charge < -0.3 is 5.73 Å². The lowest BCUT2D eigenvalue weighted by Crippen LogP contribution is -2.33. The molecule has 0 aromatic carbocycles. The molecule has 0 fully saturated rings. The third-order valence-corrected chi connectivity index (χ3v) is 2.79. The summed E-state index contributed by atoms with van der Waals surface area (Å²) in [6.45, 7) is 1.58. The summed E-state index contributed by atoms with van der Waals surface area (Å²) in [5, 5.41) is -1.09. The zero-order valence-electron chi connectivity index (χ0n) is 5.44. The van der Waals surface area contributed by atoms with Crippen molar-refractivity contribution in [2.24, 2.45) is 5.73 Å². The average molecular weight is 183 g/mol. The first-order valence-corrected chi connectivity index (χ1v) is 4.56. The third-order valence-electron chi connectivity index (χ3n) is 1.05. The van der Waals surface area contributed by atoms with Crippen LogP contribution in [0.5, 0.6) is 0 Å². The molecule has 0 aliphatic rings. The Hall–Kier alpha value is -0.200. The topological polar surface area (TPSA) is 80.4 Å². The molecule has 0 heterocycles. The minimum atomic E-state index is -4.08. The molecule has 0 rings (SSSR count). The third kappa shape index (κ3) is 2.59. The van der Waals surface area contributed by atoms with Crippen molar-refractivity contribution in [3.63, 3.8) is 0 Å². The van der Waals surface area contributed by atoms with Crippen molar-refractivity contribution >= 4 is 27.3 Å². The standard InChI is InChI=1S/C4H9NO3S2/c1-2-3(4(5)9)10(6,7)8/h3H,2H2,1H3,(H2,5,9)(H,6,7,8). The van der Waals surface area contributed by atoms with E-state index in [1.165, 1.54) is 0 Å². The molecule has 0 saturated carbocycles. The second-order valence-electron chi connectivity index (χ2n) is 1.81. The van der Waals surface area contributed by atoms with Gasteiger partial charge in [0.15, 0.2) is 0 Å². The Morgan fingerprint density at radius 3 is 2.20 bits per heavy atom. The summed E-state index contributed by atoms with van der Waals surface area (Å²) in [6, 6.07) is 0. The zero-order chi connectivity index (χ0) is 8.36. The van der Waals surface area contributed by atoms with Crippen molar-refractivity contribution in [2.45, 2.75) is 18.6 Å². The maximum Gasteiger partial charge on any atom is 0.274 e. The van der Waals surface area contributed by atoms with Gasteiger partial charge in [-0.3, -0.25) is 4.55 Å². The molecule has 0 amide bonds. The van der Waals surface area contributed by atoms with Crippen LogP contribution in [0.4, 0.5) is 0 Å². The molecular weight excluding hydrogens is 174 g/mol. The predicted molar refractivity (Wildman–Crippen MR) is 42.4 cm³/mol. The number of nitrogens with two attached hydrogens (primary N) is 1. The first-order chi connectivity index (χ1) is 4.39. The molecule has 4 nitrogen and oxygen atoms in total. The molecule has 0 aromatic heterocycles. The molecule has 0 aliphatic carbocycles. The first kappa shape index (κ1) is 9.80. The van der Waals surface area contributed by atoms with Crippen molar-refractivity contribution < 1.29 is 13.0 Å². The van der Waals surface area contributed by atoms with Gasteiger partial charge in [0.2, 0.25) is 0 Å². The number of hydrogen-bond donors (Lipinski definition) is 2. The molecule has 1 atom stereocenters. The highest BCUT2D eigenvalue weighted by atomic mass is 32.2. The lowest BCUT2D eigenvalue weighted by atomic mass is 10.3. The highest BCUT2D eigenvalue weighted by molar-refractivity contribution is 7.90. The summed E-state index contributed by atoms with van der Waals surface area (Å²) in [5.41, 5.74) is 5.03. The fourth-order valence-electron chi connectivity index (χ4n) is 0.559. The molecule has 10 heavy (non-hydrogen) atoms. The Morgan fingerprint density at radius 2 is 2.20 bits per heavy atom. The number of hydrogen-bond acceptors (Lipinski definition) is 3. The molecule has 6 heteroatoms. The van der Waals surface area contributed by atoms with Crippen LogP contribution in [-0.2, 0) is 10.1 Å². The molecular formula is C4H9NO3S2. The van der Waals surface area contributed by atoms with Gasteiger partial charge in [-0.25, -0.2) is 0 Å². The van der Waals surface area contributed by atoms with Crippen LogP contribution in [0.15, 0.2) is 0 Å². The molecule has 60 valence electrons. The smallest absolute Gasteiger partial charge is 0.274 e. The van der Waals surface area contributed by atoms with E-state index in [0.29, 0.717) is 0 Å². The highest BCUT2D eigenvalue weighted by Gasteiger charge is 2.23. The molecule has 3 N–H and O–H groups in total. The van der Waals surface area contributed by atoms with Crippen LogP contribution in [0.2, 0.25) is 0 Å². The summed E-state index contributed by atoms with van der Waals surface area (Å²) in [7, 11) is -4.08. The van der Waals surface area contributed by atoms with Gasteiger partial charge >= 0.3 is 0 Å². The van der Waals surface area contributed by atoms with E-state index in [9.17, 15) is 8.42 Å². The Bertz CT molecular complexity index is 221. The minimum Gasteiger partial charge on any atom is -0.392 e. The average Bonchev–Trinajstić information content (AvgIpc) is 1.60. The fourth-order valence-corrected chi connectivity index (χ4v) is 1.80. The van der Waals surface area contributed by atoms with E-state index in [2.05, 4.69) is 12.2 Å². The van der Waals surface area contributed by atoms with Gasteiger partial charge in [-0.15, -0.1) is 0 Å². The van der Waals surface area contributed by atoms with Gasteiger partial charge in [-0.1, -0.05) is 19.1 Å².